The van der Waals surface area contributed by atoms with Gasteiger partial charge in [0.15, 0.2) is 8.15 Å². The van der Waals surface area contributed by atoms with E-state index in [2.05, 4.69) is 85.7 Å². The van der Waals surface area contributed by atoms with Gasteiger partial charge in [0.2, 0.25) is 5.75 Å². The fourth-order valence-corrected chi connectivity index (χ4v) is 6.71. The maximum Gasteiger partial charge on any atom is 1.00 e. The molecule has 3 aromatic carbocycles. The summed E-state index contributed by atoms with van der Waals surface area (Å²) in [5.74, 6) is 0.880. The molecule has 211 valence electrons. The molecule has 0 aliphatic rings. The van der Waals surface area contributed by atoms with Gasteiger partial charge in [-0.2, -0.15) is 0 Å². The number of fused-ring (bicyclic) bond motifs is 1. The van der Waals surface area contributed by atoms with Gasteiger partial charge in [0.1, 0.15) is 11.4 Å². The number of hydrogen-bond donors (Lipinski definition) is 1. The third kappa shape index (κ3) is 5.91. The van der Waals surface area contributed by atoms with Gasteiger partial charge in [0.25, 0.3) is 0 Å². The first-order valence-corrected chi connectivity index (χ1v) is 18.4. The Morgan fingerprint density at radius 2 is 1.36 bits per heavy atom. The van der Waals surface area contributed by atoms with Crippen LogP contribution in [0.1, 0.15) is 0 Å². The fraction of sp³-hybridized carbons (Fsp3) is 0.118. The first-order chi connectivity index (χ1) is 19.9. The molecule has 6 rings (SSSR count). The van der Waals surface area contributed by atoms with E-state index < -0.39 is 16.2 Å². The monoisotopic (exact) mass is 768 g/mol. The first-order valence-electron chi connectivity index (χ1n) is 13.6. The van der Waals surface area contributed by atoms with Crippen LogP contribution in [0.4, 0.5) is 0 Å². The third-order valence-electron chi connectivity index (χ3n) is 6.88. The van der Waals surface area contributed by atoms with Crippen molar-refractivity contribution < 1.29 is 29.4 Å². The molecule has 0 aliphatic carbocycles. The van der Waals surface area contributed by atoms with Gasteiger partial charge in [-0.05, 0) is 53.9 Å². The Bertz CT molecular complexity index is 1860. The predicted molar refractivity (Wildman–Crippen MR) is 176 cm³/mol. The number of pyridine rings is 2. The Hall–Kier alpha value is -3.40. The van der Waals surface area contributed by atoms with E-state index in [4.69, 9.17) is 14.5 Å². The van der Waals surface area contributed by atoms with Crippen molar-refractivity contribution in [3.8, 4) is 56.7 Å². The summed E-state index contributed by atoms with van der Waals surface area (Å²) in [5.41, 5.74) is 6.97. The van der Waals surface area contributed by atoms with Crippen LogP contribution < -0.4 is 4.52 Å². The van der Waals surface area contributed by atoms with Crippen LogP contribution in [0.3, 0.4) is 0 Å². The summed E-state index contributed by atoms with van der Waals surface area (Å²) >= 11 is 0. The number of aromatic hydroxyl groups is 1. The van der Waals surface area contributed by atoms with Crippen LogP contribution in [0.2, 0.25) is 0 Å². The van der Waals surface area contributed by atoms with Crippen molar-refractivity contribution >= 4 is 27.0 Å². The largest absolute Gasteiger partial charge is 1.00 e. The summed E-state index contributed by atoms with van der Waals surface area (Å²) in [6.45, 7) is 8.76. The Morgan fingerprint density at radius 1 is 0.690 bits per heavy atom. The van der Waals surface area contributed by atoms with Crippen LogP contribution >= 0.6 is 16.2 Å². The van der Waals surface area contributed by atoms with Crippen molar-refractivity contribution in [2.24, 2.45) is 0 Å². The quantitative estimate of drug-likeness (QED) is 0.131. The fourth-order valence-electron chi connectivity index (χ4n) is 5.08. The smallest absolute Gasteiger partial charge is 0.507 e. The average molecular weight is 767 g/mol. The first kappa shape index (κ1) is 30.1. The van der Waals surface area contributed by atoms with Crippen molar-refractivity contribution in [3.05, 3.63) is 109 Å². The number of nitrogens with zero attached hydrogens (tertiary/aromatic N) is 3. The Labute approximate surface area is 262 Å². The van der Waals surface area contributed by atoms with E-state index in [1.165, 1.54) is 16.6 Å². The Morgan fingerprint density at radius 3 is 2.10 bits per heavy atom. The minimum atomic E-state index is -1.05. The van der Waals surface area contributed by atoms with Crippen LogP contribution in [0.15, 0.2) is 103 Å². The van der Waals surface area contributed by atoms with Crippen LogP contribution in [0.5, 0.6) is 11.5 Å². The third-order valence-corrected chi connectivity index (χ3v) is 8.74. The molecule has 0 atom stereocenters. The van der Waals surface area contributed by atoms with E-state index in [1.54, 1.807) is 12.1 Å². The molecule has 0 saturated carbocycles. The molecular weight excluding hydrogens is 735 g/mol. The summed E-state index contributed by atoms with van der Waals surface area (Å²) in [7, 11) is -1.90. The van der Waals surface area contributed by atoms with E-state index in [0.29, 0.717) is 28.4 Å². The minimum absolute atomic E-state index is 0. The maximum atomic E-state index is 10.5. The standard InChI is InChI=1S/C34H30N3O2P2.Os/c1-40(2)37-22-27-24(15-10-16-25(27)34(37)23-12-6-5-7-13-23)28-17-11-18-30(35-28)33-32(39-41(3)4)21-20-29(36-33)26-14-8-9-19-31(26)38;/h5-21,38H,1-4H3;/q-1;+1/p+2. The molecule has 3 aromatic heterocycles. The topological polar surface area (TPSA) is 60.2 Å². The molecule has 0 amide bonds. The second-order valence-electron chi connectivity index (χ2n) is 10.3. The number of phenolic OH excluding ortho intramolecular Hbond substituents is 1. The van der Waals surface area contributed by atoms with E-state index in [0.717, 1.165) is 16.6 Å². The van der Waals surface area contributed by atoms with Crippen molar-refractivity contribution in [2.45, 2.75) is 0 Å². The Balaban J connectivity index is 0.00000353. The predicted octanol–water partition coefficient (Wildman–Crippen LogP) is 8.61. The molecule has 8 heteroatoms. The van der Waals surface area contributed by atoms with Gasteiger partial charge in [0, 0.05) is 11.3 Å². The summed E-state index contributed by atoms with van der Waals surface area (Å²) in [4.78, 5) is 10.1. The zero-order valence-corrected chi connectivity index (χ0v) is 28.4. The van der Waals surface area contributed by atoms with Crippen LogP contribution in [0.25, 0.3) is 55.9 Å². The molecule has 0 bridgehead atoms. The van der Waals surface area contributed by atoms with Gasteiger partial charge >= 0.3 is 19.8 Å². The van der Waals surface area contributed by atoms with Crippen LogP contribution in [0, 0.1) is 6.20 Å². The van der Waals surface area contributed by atoms with Gasteiger partial charge < -0.3 is 14.0 Å². The molecule has 5 nitrogen and oxygen atoms in total. The molecule has 42 heavy (non-hydrogen) atoms. The zero-order valence-electron chi connectivity index (χ0n) is 23.9. The molecule has 0 spiro atoms. The maximum absolute atomic E-state index is 10.5. The molecule has 0 saturated heterocycles. The van der Waals surface area contributed by atoms with Crippen molar-refractivity contribution in [3.63, 3.8) is 0 Å². The summed E-state index contributed by atoms with van der Waals surface area (Å²) < 4.78 is 8.59. The van der Waals surface area contributed by atoms with Gasteiger partial charge in [-0.15, -0.1) is 16.8 Å². The SMILES string of the molecule is C[PH+](C)Oc1ccc(-c2ccccc2O)nc1-c1cccc(-c2cccc3c(-c4ccccc4)n([PH+](C)C)[c-]c23)n1.[Os+]. The molecule has 0 aliphatic heterocycles. The van der Waals surface area contributed by atoms with Gasteiger partial charge in [-0.3, -0.25) is 4.98 Å². The number of aromatic nitrogens is 3. The Kier molecular flexibility index (Phi) is 9.20. The zero-order chi connectivity index (χ0) is 28.5. The second-order valence-corrected chi connectivity index (χ2v) is 14.7. The van der Waals surface area contributed by atoms with Crippen molar-refractivity contribution in [1.82, 2.24) is 14.3 Å². The van der Waals surface area contributed by atoms with E-state index in [-0.39, 0.29) is 25.5 Å². The van der Waals surface area contributed by atoms with Crippen LogP contribution in [-0.4, -0.2) is 46.1 Å². The van der Waals surface area contributed by atoms with Gasteiger partial charge in [-0.1, -0.05) is 66.2 Å². The average Bonchev–Trinajstić information content (AvgIpc) is 3.38. The summed E-state index contributed by atoms with van der Waals surface area (Å²) in [5, 5.41) is 12.7. The number of para-hydroxylation sites is 1. The number of rotatable bonds is 7. The van der Waals surface area contributed by atoms with E-state index in [1.807, 2.05) is 42.5 Å². The van der Waals surface area contributed by atoms with E-state index >= 15 is 0 Å². The van der Waals surface area contributed by atoms with Crippen molar-refractivity contribution in [2.75, 3.05) is 26.7 Å². The summed E-state index contributed by atoms with van der Waals surface area (Å²) in [6, 6.07) is 34.0. The molecule has 1 radical (unpaired) electrons. The molecule has 0 unspecified atom stereocenters. The number of hydrogen-bond acceptors (Lipinski definition) is 4. The molecule has 3 heterocycles. The molecule has 1 N–H and O–H groups in total. The van der Waals surface area contributed by atoms with Gasteiger partial charge in [0.05, 0.1) is 46.1 Å². The summed E-state index contributed by atoms with van der Waals surface area (Å²) in [6.07, 6.45) is 3.72. The normalized spacial score (nSPS) is 11.2. The van der Waals surface area contributed by atoms with Gasteiger partial charge in [-0.25, -0.2) is 4.98 Å². The number of phenols is 1. The molecule has 0 fully saturated rings. The van der Waals surface area contributed by atoms with E-state index in [9.17, 15) is 5.11 Å². The second kappa shape index (κ2) is 12.9. The minimum Gasteiger partial charge on any atom is -0.507 e. The number of benzene rings is 3. The molecule has 6 aromatic rings. The van der Waals surface area contributed by atoms with Crippen molar-refractivity contribution in [1.29, 1.82) is 0 Å². The molecular formula is C34H32N3O2OsP2+2. The van der Waals surface area contributed by atoms with Crippen LogP contribution in [-0.2, 0) is 19.8 Å².